The van der Waals surface area contributed by atoms with E-state index in [0.29, 0.717) is 5.75 Å². The predicted molar refractivity (Wildman–Crippen MR) is 112 cm³/mol. The zero-order valence-electron chi connectivity index (χ0n) is 15.5. The van der Waals surface area contributed by atoms with E-state index in [-0.39, 0.29) is 5.69 Å². The topological polar surface area (TPSA) is 96.1 Å². The summed E-state index contributed by atoms with van der Waals surface area (Å²) in [5, 5.41) is 10.8. The maximum absolute atomic E-state index is 12.3. The number of carbonyl (C=O) groups is 2. The second-order valence-corrected chi connectivity index (χ2v) is 7.30. The molecule has 146 valence electrons. The molecule has 29 heavy (non-hydrogen) atoms. The van der Waals surface area contributed by atoms with Gasteiger partial charge in [0.25, 0.3) is 11.8 Å². The summed E-state index contributed by atoms with van der Waals surface area (Å²) in [7, 11) is 0. The number of amides is 2. The zero-order chi connectivity index (χ0) is 20.2. The lowest BCUT2D eigenvalue weighted by atomic mass is 10.1. The summed E-state index contributed by atoms with van der Waals surface area (Å²) in [5.41, 5.74) is 5.64. The van der Waals surface area contributed by atoms with Gasteiger partial charge in [0.2, 0.25) is 0 Å². The maximum atomic E-state index is 12.3. The van der Waals surface area contributed by atoms with Crippen LogP contribution in [0.5, 0.6) is 5.75 Å². The van der Waals surface area contributed by atoms with Crippen LogP contribution in [0.1, 0.15) is 17.4 Å². The number of aromatic nitrogens is 2. The van der Waals surface area contributed by atoms with Crippen LogP contribution in [0.25, 0.3) is 21.3 Å². The molecule has 0 spiro atoms. The number of nitrogens with one attached hydrogen (secondary N) is 3. The third kappa shape index (κ3) is 4.27. The summed E-state index contributed by atoms with van der Waals surface area (Å²) in [6, 6.07) is 19.0. The van der Waals surface area contributed by atoms with Crippen LogP contribution in [-0.4, -0.2) is 28.1 Å². The monoisotopic (exact) mass is 406 g/mol. The highest BCUT2D eigenvalue weighted by Crippen LogP contribution is 2.23. The Labute approximate surface area is 170 Å². The van der Waals surface area contributed by atoms with Crippen LogP contribution in [0.3, 0.4) is 0 Å². The summed E-state index contributed by atoms with van der Waals surface area (Å²) in [5.74, 6) is -0.415. The van der Waals surface area contributed by atoms with Gasteiger partial charge in [0.05, 0.1) is 10.6 Å². The average Bonchev–Trinajstić information content (AvgIpc) is 3.43. The number of rotatable bonds is 5. The highest BCUT2D eigenvalue weighted by atomic mass is 32.1. The van der Waals surface area contributed by atoms with Crippen molar-refractivity contribution in [1.29, 1.82) is 0 Å². The lowest BCUT2D eigenvalue weighted by molar-refractivity contribution is -0.128. The van der Waals surface area contributed by atoms with E-state index in [1.165, 1.54) is 11.3 Å². The lowest BCUT2D eigenvalue weighted by Crippen LogP contribution is -2.47. The molecule has 0 saturated heterocycles. The first-order valence-corrected chi connectivity index (χ1v) is 9.83. The second-order valence-electron chi connectivity index (χ2n) is 6.36. The molecule has 0 aliphatic carbocycles. The molecule has 0 bridgehead atoms. The average molecular weight is 406 g/mol. The fourth-order valence-corrected chi connectivity index (χ4v) is 3.47. The number of hydrazine groups is 1. The molecule has 8 heteroatoms. The van der Waals surface area contributed by atoms with Crippen LogP contribution in [0.4, 0.5) is 0 Å². The van der Waals surface area contributed by atoms with E-state index in [9.17, 15) is 9.59 Å². The molecule has 2 heterocycles. The van der Waals surface area contributed by atoms with Gasteiger partial charge in [-0.1, -0.05) is 36.4 Å². The lowest BCUT2D eigenvalue weighted by Gasteiger charge is -2.15. The van der Waals surface area contributed by atoms with E-state index in [1.54, 1.807) is 19.1 Å². The molecule has 7 nitrogen and oxygen atoms in total. The zero-order valence-corrected chi connectivity index (χ0v) is 16.3. The SMILES string of the molecule is CC(Oc1ccc2ccccc2c1)C(=O)NNC(=O)c1cc(-c2cccs2)[nH]n1. The number of thiophene rings is 1. The molecule has 0 radical (unpaired) electrons. The van der Waals surface area contributed by atoms with E-state index in [4.69, 9.17) is 4.74 Å². The molecular weight excluding hydrogens is 388 g/mol. The van der Waals surface area contributed by atoms with Crippen molar-refractivity contribution in [3.63, 3.8) is 0 Å². The van der Waals surface area contributed by atoms with Crippen LogP contribution in [0.2, 0.25) is 0 Å². The third-order valence-corrected chi connectivity index (χ3v) is 5.20. The first kappa shape index (κ1) is 18.7. The van der Waals surface area contributed by atoms with Gasteiger partial charge in [-0.2, -0.15) is 5.10 Å². The number of aromatic amines is 1. The number of hydrogen-bond donors (Lipinski definition) is 3. The molecule has 0 aliphatic heterocycles. The van der Waals surface area contributed by atoms with Gasteiger partial charge in [-0.15, -0.1) is 11.3 Å². The minimum atomic E-state index is -0.794. The Kier molecular flexibility index (Phi) is 5.26. The Morgan fingerprint density at radius 2 is 1.86 bits per heavy atom. The molecule has 2 aromatic carbocycles. The third-order valence-electron chi connectivity index (χ3n) is 4.30. The fourth-order valence-electron chi connectivity index (χ4n) is 2.78. The van der Waals surface area contributed by atoms with Crippen LogP contribution in [0.15, 0.2) is 66.0 Å². The van der Waals surface area contributed by atoms with Crippen molar-refractivity contribution in [2.75, 3.05) is 0 Å². The second kappa shape index (κ2) is 8.15. The van der Waals surface area contributed by atoms with E-state index < -0.39 is 17.9 Å². The van der Waals surface area contributed by atoms with E-state index in [1.807, 2.05) is 53.9 Å². The minimum absolute atomic E-state index is 0.178. The molecule has 4 aromatic rings. The smallest absolute Gasteiger partial charge is 0.290 e. The van der Waals surface area contributed by atoms with Gasteiger partial charge in [0.15, 0.2) is 11.8 Å². The first-order valence-electron chi connectivity index (χ1n) is 8.95. The Balaban J connectivity index is 1.33. The molecular formula is C21H18N4O3S. The van der Waals surface area contributed by atoms with Crippen LogP contribution < -0.4 is 15.6 Å². The highest BCUT2D eigenvalue weighted by molar-refractivity contribution is 7.13. The van der Waals surface area contributed by atoms with Gasteiger partial charge in [0.1, 0.15) is 5.75 Å². The molecule has 1 unspecified atom stereocenters. The van der Waals surface area contributed by atoms with Gasteiger partial charge in [-0.25, -0.2) is 0 Å². The molecule has 0 aliphatic rings. The Hall–Kier alpha value is -3.65. The Morgan fingerprint density at radius 3 is 2.66 bits per heavy atom. The van der Waals surface area contributed by atoms with Crippen LogP contribution in [0, 0.1) is 0 Å². The molecule has 0 saturated carbocycles. The van der Waals surface area contributed by atoms with Gasteiger partial charge in [-0.3, -0.25) is 25.5 Å². The van der Waals surface area contributed by atoms with Crippen molar-refractivity contribution in [3.05, 3.63) is 71.7 Å². The van der Waals surface area contributed by atoms with Crippen LogP contribution >= 0.6 is 11.3 Å². The fraction of sp³-hybridized carbons (Fsp3) is 0.0952. The number of benzene rings is 2. The van der Waals surface area contributed by atoms with Gasteiger partial charge < -0.3 is 4.74 Å². The van der Waals surface area contributed by atoms with Crippen molar-refractivity contribution < 1.29 is 14.3 Å². The Bertz CT molecular complexity index is 1150. The number of carbonyl (C=O) groups excluding carboxylic acids is 2. The highest BCUT2D eigenvalue weighted by Gasteiger charge is 2.17. The molecule has 2 aromatic heterocycles. The Morgan fingerprint density at radius 1 is 1.03 bits per heavy atom. The predicted octanol–water partition coefficient (Wildman–Crippen LogP) is 3.52. The number of ether oxygens (including phenoxy) is 1. The summed E-state index contributed by atoms with van der Waals surface area (Å²) in [4.78, 5) is 25.4. The van der Waals surface area contributed by atoms with E-state index in [2.05, 4.69) is 21.0 Å². The number of hydrogen-bond acceptors (Lipinski definition) is 5. The van der Waals surface area contributed by atoms with Gasteiger partial charge in [0, 0.05) is 0 Å². The summed E-state index contributed by atoms with van der Waals surface area (Å²) in [6.07, 6.45) is -0.794. The molecule has 2 amide bonds. The van der Waals surface area contributed by atoms with Gasteiger partial charge in [-0.05, 0) is 47.3 Å². The summed E-state index contributed by atoms with van der Waals surface area (Å²) >= 11 is 1.54. The molecule has 0 fully saturated rings. The number of fused-ring (bicyclic) bond motifs is 1. The van der Waals surface area contributed by atoms with Crippen molar-refractivity contribution in [1.82, 2.24) is 21.0 Å². The van der Waals surface area contributed by atoms with Gasteiger partial charge >= 0.3 is 0 Å². The maximum Gasteiger partial charge on any atom is 0.290 e. The molecule has 1 atom stereocenters. The van der Waals surface area contributed by atoms with Crippen molar-refractivity contribution >= 4 is 33.9 Å². The standard InChI is InChI=1S/C21H18N4O3S/c1-13(28-16-9-8-14-5-2-3-6-15(14)11-16)20(26)24-25-21(27)18-12-17(22-23-18)19-7-4-10-29-19/h2-13H,1H3,(H,22,23)(H,24,26)(H,25,27). The minimum Gasteiger partial charge on any atom is -0.481 e. The number of H-pyrrole nitrogens is 1. The van der Waals surface area contributed by atoms with E-state index >= 15 is 0 Å². The van der Waals surface area contributed by atoms with Crippen molar-refractivity contribution in [2.24, 2.45) is 0 Å². The summed E-state index contributed by atoms with van der Waals surface area (Å²) < 4.78 is 5.69. The number of nitrogens with zero attached hydrogens (tertiary/aromatic N) is 1. The van der Waals surface area contributed by atoms with Crippen molar-refractivity contribution in [2.45, 2.75) is 13.0 Å². The quantitative estimate of drug-likeness (QED) is 0.442. The van der Waals surface area contributed by atoms with Crippen LogP contribution in [-0.2, 0) is 4.79 Å². The normalized spacial score (nSPS) is 11.8. The van der Waals surface area contributed by atoms with Crippen molar-refractivity contribution in [3.8, 4) is 16.3 Å². The first-order chi connectivity index (χ1) is 14.1. The molecule has 3 N–H and O–H groups in total. The molecule has 4 rings (SSSR count). The van der Waals surface area contributed by atoms with E-state index in [0.717, 1.165) is 21.3 Å². The largest absolute Gasteiger partial charge is 0.481 e. The summed E-state index contributed by atoms with van der Waals surface area (Å²) in [6.45, 7) is 1.61.